The van der Waals surface area contributed by atoms with Gasteiger partial charge in [-0.25, -0.2) is 0 Å². The van der Waals surface area contributed by atoms with E-state index in [9.17, 15) is 9.59 Å². The molecule has 1 unspecified atom stereocenters. The van der Waals surface area contributed by atoms with Gasteiger partial charge in [0.2, 0.25) is 5.91 Å². The molecule has 1 heterocycles. The number of hydrogen-bond donors (Lipinski definition) is 1. The lowest BCUT2D eigenvalue weighted by Crippen LogP contribution is -2.46. The van der Waals surface area contributed by atoms with Crippen LogP contribution in [0.5, 0.6) is 0 Å². The molecule has 0 aromatic rings. The zero-order valence-electron chi connectivity index (χ0n) is 8.95. The Labute approximate surface area is 89.3 Å². The predicted molar refractivity (Wildman–Crippen MR) is 56.1 cm³/mol. The van der Waals surface area contributed by atoms with Crippen molar-refractivity contribution in [2.24, 2.45) is 0 Å². The summed E-state index contributed by atoms with van der Waals surface area (Å²) in [6.45, 7) is 0.740. The number of piperidine rings is 1. The second-order valence-corrected chi connectivity index (χ2v) is 4.29. The van der Waals surface area contributed by atoms with Crippen LogP contribution in [0.2, 0.25) is 0 Å². The third kappa shape index (κ3) is 2.37. The van der Waals surface area contributed by atoms with Gasteiger partial charge in [-0.05, 0) is 12.8 Å². The van der Waals surface area contributed by atoms with Gasteiger partial charge in [-0.15, -0.1) is 0 Å². The van der Waals surface area contributed by atoms with Gasteiger partial charge in [0.15, 0.2) is 5.78 Å². The Morgan fingerprint density at radius 1 is 1.33 bits per heavy atom. The Balaban J connectivity index is 1.88. The first-order chi connectivity index (χ1) is 7.15. The number of hydrogen-bond acceptors (Lipinski definition) is 3. The van der Waals surface area contributed by atoms with Crippen molar-refractivity contribution in [2.75, 3.05) is 13.6 Å². The summed E-state index contributed by atoms with van der Waals surface area (Å²) in [6, 6.07) is 0.310. The van der Waals surface area contributed by atoms with Crippen LogP contribution in [0, 0.1) is 0 Å². The molecule has 1 fully saturated rings. The average Bonchev–Trinajstić information content (AvgIpc) is 2.58. The largest absolute Gasteiger partial charge is 0.384 e. The van der Waals surface area contributed by atoms with Gasteiger partial charge in [0.05, 0.1) is 0 Å². The van der Waals surface area contributed by atoms with E-state index in [0.29, 0.717) is 18.9 Å². The summed E-state index contributed by atoms with van der Waals surface area (Å²) < 4.78 is 0. The third-order valence-electron chi connectivity index (χ3n) is 2.99. The van der Waals surface area contributed by atoms with Gasteiger partial charge < -0.3 is 10.2 Å². The lowest BCUT2D eigenvalue weighted by molar-refractivity contribution is -0.132. The van der Waals surface area contributed by atoms with Crippen LogP contribution in [0.1, 0.15) is 25.7 Å². The molecule has 0 bridgehead atoms. The van der Waals surface area contributed by atoms with Crippen molar-refractivity contribution in [1.29, 1.82) is 0 Å². The van der Waals surface area contributed by atoms with Crippen molar-refractivity contribution in [1.82, 2.24) is 10.2 Å². The molecule has 1 N–H and O–H groups in total. The monoisotopic (exact) mass is 208 g/mol. The highest BCUT2D eigenvalue weighted by Crippen LogP contribution is 2.16. The topological polar surface area (TPSA) is 49.4 Å². The summed E-state index contributed by atoms with van der Waals surface area (Å²) in [5.74, 6) is 0.419. The maximum absolute atomic E-state index is 11.3. The standard InChI is InChI=1S/C11H16N2O2/c1-13-7-9(3-5-11(13)15)12-8-2-4-10(14)6-8/h6,9,12H,2-5,7H2,1H3. The van der Waals surface area contributed by atoms with E-state index in [1.165, 1.54) is 0 Å². The van der Waals surface area contributed by atoms with Crippen LogP contribution in [-0.2, 0) is 9.59 Å². The van der Waals surface area contributed by atoms with Gasteiger partial charge in [0.25, 0.3) is 0 Å². The molecule has 82 valence electrons. The van der Waals surface area contributed by atoms with Gasteiger partial charge in [-0.3, -0.25) is 9.59 Å². The fourth-order valence-electron chi connectivity index (χ4n) is 2.10. The highest BCUT2D eigenvalue weighted by molar-refractivity contribution is 5.92. The normalized spacial score (nSPS) is 26.9. The van der Waals surface area contributed by atoms with Gasteiger partial charge in [0.1, 0.15) is 0 Å². The van der Waals surface area contributed by atoms with Crippen LogP contribution in [-0.4, -0.2) is 36.2 Å². The molecular formula is C11H16N2O2. The van der Waals surface area contributed by atoms with Crippen molar-refractivity contribution < 1.29 is 9.59 Å². The summed E-state index contributed by atoms with van der Waals surface area (Å²) in [5, 5.41) is 3.35. The Morgan fingerprint density at radius 3 is 2.73 bits per heavy atom. The summed E-state index contributed by atoms with van der Waals surface area (Å²) >= 11 is 0. The number of allylic oxidation sites excluding steroid dienone is 2. The van der Waals surface area contributed by atoms with Gasteiger partial charge in [-0.2, -0.15) is 0 Å². The molecule has 4 heteroatoms. The fourth-order valence-corrected chi connectivity index (χ4v) is 2.10. The van der Waals surface area contributed by atoms with Crippen LogP contribution in [0.25, 0.3) is 0 Å². The number of likely N-dealkylation sites (tertiary alicyclic amines) is 1. The van der Waals surface area contributed by atoms with E-state index in [1.54, 1.807) is 11.0 Å². The first-order valence-corrected chi connectivity index (χ1v) is 5.39. The highest BCUT2D eigenvalue weighted by Gasteiger charge is 2.24. The van der Waals surface area contributed by atoms with Crippen LogP contribution in [0.4, 0.5) is 0 Å². The zero-order valence-corrected chi connectivity index (χ0v) is 8.95. The number of carbonyl (C=O) groups excluding carboxylic acids is 2. The molecule has 15 heavy (non-hydrogen) atoms. The van der Waals surface area contributed by atoms with E-state index in [2.05, 4.69) is 5.32 Å². The number of rotatable bonds is 2. The lowest BCUT2D eigenvalue weighted by Gasteiger charge is -2.31. The summed E-state index contributed by atoms with van der Waals surface area (Å²) in [5.41, 5.74) is 1.03. The maximum atomic E-state index is 11.3. The fraction of sp³-hybridized carbons (Fsp3) is 0.636. The number of ketones is 1. The molecule has 0 saturated carbocycles. The number of likely N-dealkylation sites (N-methyl/N-ethyl adjacent to an activating group) is 1. The lowest BCUT2D eigenvalue weighted by atomic mass is 10.1. The van der Waals surface area contributed by atoms with Crippen molar-refractivity contribution in [3.63, 3.8) is 0 Å². The number of amides is 1. The predicted octanol–water partition coefficient (Wildman–Crippen LogP) is 0.444. The van der Waals surface area contributed by atoms with Crippen molar-refractivity contribution in [3.8, 4) is 0 Å². The molecule has 1 atom stereocenters. The third-order valence-corrected chi connectivity index (χ3v) is 2.99. The van der Waals surface area contributed by atoms with Gasteiger partial charge in [-0.1, -0.05) is 0 Å². The van der Waals surface area contributed by atoms with E-state index in [4.69, 9.17) is 0 Å². The molecule has 0 aromatic carbocycles. The molecule has 2 rings (SSSR count). The minimum Gasteiger partial charge on any atom is -0.384 e. The van der Waals surface area contributed by atoms with E-state index in [1.807, 2.05) is 7.05 Å². The first kappa shape index (κ1) is 10.2. The van der Waals surface area contributed by atoms with E-state index in [-0.39, 0.29) is 11.7 Å². The Bertz CT molecular complexity index is 323. The molecule has 1 amide bonds. The minimum absolute atomic E-state index is 0.206. The van der Waals surface area contributed by atoms with Gasteiger partial charge in [0, 0.05) is 44.2 Å². The Morgan fingerprint density at radius 2 is 2.13 bits per heavy atom. The Hall–Kier alpha value is -1.32. The molecular weight excluding hydrogens is 192 g/mol. The molecule has 1 aliphatic carbocycles. The molecule has 1 aliphatic heterocycles. The number of carbonyl (C=O) groups is 2. The Kier molecular flexibility index (Phi) is 2.75. The van der Waals surface area contributed by atoms with E-state index < -0.39 is 0 Å². The van der Waals surface area contributed by atoms with Crippen LogP contribution in [0.15, 0.2) is 11.8 Å². The average molecular weight is 208 g/mol. The molecule has 0 radical (unpaired) electrons. The van der Waals surface area contributed by atoms with Crippen molar-refractivity contribution in [2.45, 2.75) is 31.7 Å². The molecule has 1 saturated heterocycles. The molecule has 4 nitrogen and oxygen atoms in total. The molecule has 2 aliphatic rings. The summed E-state index contributed by atoms with van der Waals surface area (Å²) in [4.78, 5) is 24.0. The zero-order chi connectivity index (χ0) is 10.8. The summed E-state index contributed by atoms with van der Waals surface area (Å²) in [6.07, 6.45) is 4.62. The van der Waals surface area contributed by atoms with Crippen LogP contribution >= 0.6 is 0 Å². The van der Waals surface area contributed by atoms with Crippen LogP contribution in [0.3, 0.4) is 0 Å². The van der Waals surface area contributed by atoms with E-state index >= 15 is 0 Å². The first-order valence-electron chi connectivity index (χ1n) is 5.39. The van der Waals surface area contributed by atoms with E-state index in [0.717, 1.165) is 25.1 Å². The number of nitrogens with one attached hydrogen (secondary N) is 1. The highest BCUT2D eigenvalue weighted by atomic mass is 16.2. The quantitative estimate of drug-likeness (QED) is 0.716. The SMILES string of the molecule is CN1CC(NC2=CC(=O)CC2)CCC1=O. The smallest absolute Gasteiger partial charge is 0.222 e. The molecule has 0 aromatic heterocycles. The molecule has 0 spiro atoms. The second-order valence-electron chi connectivity index (χ2n) is 4.29. The second kappa shape index (κ2) is 4.04. The van der Waals surface area contributed by atoms with Crippen molar-refractivity contribution >= 4 is 11.7 Å². The van der Waals surface area contributed by atoms with Gasteiger partial charge >= 0.3 is 0 Å². The summed E-state index contributed by atoms with van der Waals surface area (Å²) in [7, 11) is 1.82. The van der Waals surface area contributed by atoms with Crippen molar-refractivity contribution in [3.05, 3.63) is 11.8 Å². The number of nitrogens with zero attached hydrogens (tertiary/aromatic N) is 1. The van der Waals surface area contributed by atoms with Crippen LogP contribution < -0.4 is 5.32 Å². The maximum Gasteiger partial charge on any atom is 0.222 e. The minimum atomic E-state index is 0.206.